The number of nitrogens with two attached hydrogens (primary N) is 1. The third kappa shape index (κ3) is 10.1. The van der Waals surface area contributed by atoms with Crippen molar-refractivity contribution in [1.82, 2.24) is 50.5 Å². The molecule has 3 aliphatic rings. The van der Waals surface area contributed by atoms with E-state index >= 15 is 0 Å². The topological polar surface area (TPSA) is 248 Å². The van der Waals surface area contributed by atoms with Crippen LogP contribution in [0.1, 0.15) is 113 Å². The number of aliphatic hydroxyl groups is 1. The van der Waals surface area contributed by atoms with Crippen molar-refractivity contribution >= 4 is 41.1 Å². The Balaban J connectivity index is 1.23. The van der Waals surface area contributed by atoms with E-state index in [1.807, 2.05) is 0 Å². The zero-order valence-electron chi connectivity index (χ0n) is 32.0. The van der Waals surface area contributed by atoms with Gasteiger partial charge in [-0.2, -0.15) is 0 Å². The van der Waals surface area contributed by atoms with Gasteiger partial charge < -0.3 is 41.4 Å². The molecule has 18 nitrogen and oxygen atoms in total. The van der Waals surface area contributed by atoms with E-state index in [1.54, 1.807) is 49.0 Å². The third-order valence-corrected chi connectivity index (χ3v) is 11.0. The largest absolute Gasteiger partial charge is 0.384 e. The Morgan fingerprint density at radius 3 is 2.48 bits per heavy atom. The van der Waals surface area contributed by atoms with Crippen molar-refractivity contribution in [3.05, 3.63) is 48.2 Å². The van der Waals surface area contributed by atoms with Crippen LogP contribution >= 0.6 is 0 Å². The Hall–Kier alpha value is -5.39. The number of carbonyl (C=O) groups excluding carboxylic acids is 6. The normalized spacial score (nSPS) is 19.9. The van der Waals surface area contributed by atoms with Crippen molar-refractivity contribution in [1.29, 1.82) is 0 Å². The fourth-order valence-electron chi connectivity index (χ4n) is 7.76. The van der Waals surface area contributed by atoms with E-state index in [4.69, 9.17) is 5.73 Å². The van der Waals surface area contributed by atoms with Gasteiger partial charge in [0.15, 0.2) is 0 Å². The molecule has 6 amide bonds. The van der Waals surface area contributed by atoms with Crippen LogP contribution in [0.4, 0.5) is 4.79 Å². The molecule has 0 spiro atoms. The average molecular weight is 776 g/mol. The van der Waals surface area contributed by atoms with Gasteiger partial charge in [-0.1, -0.05) is 37.3 Å². The Kier molecular flexibility index (Phi) is 12.7. The van der Waals surface area contributed by atoms with E-state index in [1.165, 1.54) is 15.8 Å². The van der Waals surface area contributed by atoms with Crippen LogP contribution in [0.3, 0.4) is 0 Å². The molecule has 2 saturated carbocycles. The lowest BCUT2D eigenvalue weighted by atomic mass is 9.84. The van der Waals surface area contributed by atoms with Crippen molar-refractivity contribution in [2.24, 2.45) is 11.7 Å². The summed E-state index contributed by atoms with van der Waals surface area (Å²) in [5, 5.41) is 30.4. The summed E-state index contributed by atoms with van der Waals surface area (Å²) in [5.74, 6) is -3.64. The second-order valence-electron chi connectivity index (χ2n) is 15.9. The minimum Gasteiger partial charge on any atom is -0.384 e. The van der Waals surface area contributed by atoms with Gasteiger partial charge in [-0.3, -0.25) is 24.0 Å². The third-order valence-electron chi connectivity index (χ3n) is 11.0. The van der Waals surface area contributed by atoms with Crippen LogP contribution in [0, 0.1) is 5.92 Å². The quantitative estimate of drug-likeness (QED) is 0.0846. The number of likely N-dealkylation sites (tertiary alicyclic amines) is 1. The summed E-state index contributed by atoms with van der Waals surface area (Å²) in [6, 6.07) is -0.735. The number of unbranched alkanes of at least 4 members (excludes halogenated alkanes) is 1. The fraction of sp³-hybridized carbons (Fsp3) is 0.605. The smallest absolute Gasteiger partial charge is 0.315 e. The SMILES string of the molecule is CC(C)(O)c1cnnn1[C@H]1C[C@@H](C(=O)NC(CCCCNC(=O)NC2CC2)C(=O)C(N)=O)N(C(=O)[C@@H](CC2CCCCC2)NC(=O)c2ccc3nccn3c2)C1. The van der Waals surface area contributed by atoms with Gasteiger partial charge in [-0.25, -0.2) is 14.5 Å². The molecule has 0 aromatic carbocycles. The van der Waals surface area contributed by atoms with E-state index < -0.39 is 59.2 Å². The summed E-state index contributed by atoms with van der Waals surface area (Å²) in [7, 11) is 0. The summed E-state index contributed by atoms with van der Waals surface area (Å²) in [5.41, 5.74) is 5.41. The van der Waals surface area contributed by atoms with Crippen molar-refractivity contribution in [3.63, 3.8) is 0 Å². The maximum absolute atomic E-state index is 14.8. The van der Waals surface area contributed by atoms with Gasteiger partial charge in [-0.05, 0) is 70.4 Å². The Morgan fingerprint density at radius 1 is 1.00 bits per heavy atom. The maximum Gasteiger partial charge on any atom is 0.315 e. The van der Waals surface area contributed by atoms with Gasteiger partial charge in [0, 0.05) is 44.1 Å². The van der Waals surface area contributed by atoms with Gasteiger partial charge >= 0.3 is 6.03 Å². The van der Waals surface area contributed by atoms with E-state index in [0.29, 0.717) is 42.7 Å². The second-order valence-corrected chi connectivity index (χ2v) is 15.9. The minimum absolute atomic E-state index is 0.00951. The Morgan fingerprint density at radius 2 is 1.77 bits per heavy atom. The fourth-order valence-corrected chi connectivity index (χ4v) is 7.76. The molecule has 4 heterocycles. The van der Waals surface area contributed by atoms with Gasteiger partial charge in [0.05, 0.1) is 29.5 Å². The van der Waals surface area contributed by atoms with Crippen LogP contribution in [-0.2, 0) is 24.8 Å². The zero-order valence-corrected chi connectivity index (χ0v) is 32.0. The number of imidazole rings is 1. The molecule has 2 aliphatic carbocycles. The first kappa shape index (κ1) is 40.3. The number of aromatic nitrogens is 5. The first-order chi connectivity index (χ1) is 26.8. The molecule has 1 unspecified atom stereocenters. The van der Waals surface area contributed by atoms with Crippen molar-refractivity contribution in [2.45, 2.75) is 127 Å². The number of urea groups is 1. The highest BCUT2D eigenvalue weighted by Crippen LogP contribution is 2.33. The Bertz CT molecular complexity index is 1910. The summed E-state index contributed by atoms with van der Waals surface area (Å²) >= 11 is 0. The molecule has 0 bridgehead atoms. The van der Waals surface area contributed by atoms with E-state index in [9.17, 15) is 33.9 Å². The lowest BCUT2D eigenvalue weighted by Crippen LogP contribution is -2.56. The van der Waals surface area contributed by atoms with Crippen LogP contribution in [0.2, 0.25) is 0 Å². The summed E-state index contributed by atoms with van der Waals surface area (Å²) < 4.78 is 3.21. The standard InChI is InChI=1S/C38H53N11O7/c1-38(2,56)30-20-42-46-49(30)26-19-29(35(53)44-27(32(50)33(39)51)10-6-7-15-41-37(55)43-25-12-13-25)48(22-26)36(54)28(18-23-8-4-3-5-9-23)45-34(52)24-11-14-31-40-16-17-47(31)21-24/h11,14,16-17,20-21,23,25-29,56H,3-10,12-13,15,18-19,22H2,1-2H3,(H2,39,51)(H,44,53)(H,45,52)(H2,41,43,55)/t26-,27?,28+,29-/m0/s1. The number of nitrogens with zero attached hydrogens (tertiary/aromatic N) is 6. The Labute approximate surface area is 324 Å². The molecule has 3 aromatic heterocycles. The number of fused-ring (bicyclic) bond motifs is 1. The first-order valence-electron chi connectivity index (χ1n) is 19.6. The molecule has 3 aromatic rings. The van der Waals surface area contributed by atoms with Crippen molar-refractivity contribution < 1.29 is 33.9 Å². The van der Waals surface area contributed by atoms with Crippen LogP contribution in [0.25, 0.3) is 5.65 Å². The van der Waals surface area contributed by atoms with Crippen LogP contribution in [0.15, 0.2) is 36.9 Å². The minimum atomic E-state index is -1.35. The number of amides is 6. The number of nitrogens with one attached hydrogen (secondary N) is 4. The van der Waals surface area contributed by atoms with Crippen molar-refractivity contribution in [2.75, 3.05) is 13.1 Å². The number of ketones is 1. The lowest BCUT2D eigenvalue weighted by Gasteiger charge is -2.32. The van der Waals surface area contributed by atoms with E-state index in [0.717, 1.165) is 44.9 Å². The molecule has 4 atom stereocenters. The molecule has 18 heteroatoms. The summed E-state index contributed by atoms with van der Waals surface area (Å²) in [4.78, 5) is 85.6. The van der Waals surface area contributed by atoms with Gasteiger partial charge in [-0.15, -0.1) is 5.10 Å². The molecule has 7 N–H and O–H groups in total. The lowest BCUT2D eigenvalue weighted by molar-refractivity contribution is -0.142. The van der Waals surface area contributed by atoms with Gasteiger partial charge in [0.25, 0.3) is 11.8 Å². The zero-order chi connectivity index (χ0) is 40.0. The second kappa shape index (κ2) is 17.6. The summed E-state index contributed by atoms with van der Waals surface area (Å²) in [6.07, 6.45) is 14.5. The number of pyridine rings is 1. The number of Topliss-reactive ketones (excluding diaryl/α,β-unsaturated/α-hetero) is 1. The predicted octanol–water partition coefficient (Wildman–Crippen LogP) is 1.24. The number of carbonyl (C=O) groups is 6. The molecule has 1 saturated heterocycles. The molecular weight excluding hydrogens is 722 g/mol. The van der Waals surface area contributed by atoms with Gasteiger partial charge in [0.1, 0.15) is 23.3 Å². The highest BCUT2D eigenvalue weighted by Gasteiger charge is 2.45. The summed E-state index contributed by atoms with van der Waals surface area (Å²) in [6.45, 7) is 3.47. The number of hydrogen-bond donors (Lipinski definition) is 6. The van der Waals surface area contributed by atoms with E-state index in [-0.39, 0.29) is 37.4 Å². The van der Waals surface area contributed by atoms with E-state index in [2.05, 4.69) is 36.6 Å². The highest BCUT2D eigenvalue weighted by molar-refractivity contribution is 6.37. The monoisotopic (exact) mass is 775 g/mol. The number of hydrogen-bond acceptors (Lipinski definition) is 10. The van der Waals surface area contributed by atoms with Gasteiger partial charge in [0.2, 0.25) is 17.6 Å². The van der Waals surface area contributed by atoms with Crippen LogP contribution < -0.4 is 27.0 Å². The van der Waals surface area contributed by atoms with Crippen molar-refractivity contribution in [3.8, 4) is 0 Å². The molecule has 56 heavy (non-hydrogen) atoms. The molecular formula is C38H53N11O7. The molecule has 3 fully saturated rings. The van der Waals surface area contributed by atoms with Crippen LogP contribution in [-0.4, -0.2) is 107 Å². The molecule has 302 valence electrons. The predicted molar refractivity (Wildman–Crippen MR) is 202 cm³/mol. The molecule has 0 radical (unpaired) electrons. The average Bonchev–Trinajstić information content (AvgIpc) is 3.52. The molecule has 6 rings (SSSR count). The first-order valence-corrected chi connectivity index (χ1v) is 19.6. The number of rotatable bonds is 17. The molecule has 1 aliphatic heterocycles. The maximum atomic E-state index is 14.8. The number of primary amides is 1. The highest BCUT2D eigenvalue weighted by atomic mass is 16.3. The van der Waals surface area contributed by atoms with Crippen LogP contribution in [0.5, 0.6) is 0 Å².